The standard InChI is InChI=1S/C15H16N2O/c1-10-6-3-4-8-12(10)17-13-9-5-7-11(2)14(13)18-15(17)16/h3-4,6-8,16H,5,9H2,1-2H3. The van der Waals surface area contributed by atoms with Crippen LogP contribution in [0.1, 0.15) is 30.4 Å². The number of aromatic nitrogens is 1. The molecule has 92 valence electrons. The molecule has 3 heteroatoms. The number of fused-ring (bicyclic) bond motifs is 1. The second kappa shape index (κ2) is 4.02. The number of oxazole rings is 1. The zero-order chi connectivity index (χ0) is 12.7. The zero-order valence-electron chi connectivity index (χ0n) is 10.7. The van der Waals surface area contributed by atoms with E-state index in [0.29, 0.717) is 0 Å². The predicted molar refractivity (Wildman–Crippen MR) is 70.6 cm³/mol. The van der Waals surface area contributed by atoms with E-state index < -0.39 is 0 Å². The summed E-state index contributed by atoms with van der Waals surface area (Å²) < 4.78 is 7.55. The van der Waals surface area contributed by atoms with Gasteiger partial charge in [-0.1, -0.05) is 24.3 Å². The maximum absolute atomic E-state index is 8.06. The lowest BCUT2D eigenvalue weighted by Crippen LogP contribution is -2.16. The average Bonchev–Trinajstić information content (AvgIpc) is 2.68. The van der Waals surface area contributed by atoms with Crippen LogP contribution in [0.15, 0.2) is 34.8 Å². The first kappa shape index (κ1) is 11.1. The normalized spacial score (nSPS) is 14.2. The lowest BCUT2D eigenvalue weighted by molar-refractivity contribution is 0.466. The third kappa shape index (κ3) is 1.55. The number of aryl methyl sites for hydroxylation is 1. The number of nitrogens with zero attached hydrogens (tertiary/aromatic N) is 1. The molecular weight excluding hydrogens is 224 g/mol. The number of allylic oxidation sites excluding steroid dienone is 2. The molecule has 1 aliphatic rings. The molecule has 1 N–H and O–H groups in total. The highest BCUT2D eigenvalue weighted by molar-refractivity contribution is 5.63. The number of benzene rings is 1. The Balaban J connectivity index is 2.29. The van der Waals surface area contributed by atoms with Crippen molar-refractivity contribution in [3.8, 4) is 5.69 Å². The summed E-state index contributed by atoms with van der Waals surface area (Å²) in [5.41, 5.74) is 4.67. The van der Waals surface area contributed by atoms with Crippen LogP contribution >= 0.6 is 0 Å². The van der Waals surface area contributed by atoms with E-state index in [1.165, 1.54) is 0 Å². The van der Waals surface area contributed by atoms with Gasteiger partial charge in [-0.25, -0.2) is 0 Å². The van der Waals surface area contributed by atoms with E-state index in [-0.39, 0.29) is 5.68 Å². The smallest absolute Gasteiger partial charge is 0.299 e. The van der Waals surface area contributed by atoms with Gasteiger partial charge in [0.05, 0.1) is 11.4 Å². The molecule has 3 nitrogen and oxygen atoms in total. The molecule has 0 atom stereocenters. The summed E-state index contributed by atoms with van der Waals surface area (Å²) >= 11 is 0. The van der Waals surface area contributed by atoms with Gasteiger partial charge in [-0.3, -0.25) is 9.98 Å². The van der Waals surface area contributed by atoms with Gasteiger partial charge in [-0.05, 0) is 43.9 Å². The summed E-state index contributed by atoms with van der Waals surface area (Å²) in [6, 6.07) is 8.11. The molecule has 0 radical (unpaired) electrons. The van der Waals surface area contributed by atoms with Crippen LogP contribution in [-0.2, 0) is 6.42 Å². The minimum absolute atomic E-state index is 0.212. The Kier molecular flexibility index (Phi) is 2.47. The van der Waals surface area contributed by atoms with Gasteiger partial charge in [0, 0.05) is 0 Å². The molecule has 1 heterocycles. The van der Waals surface area contributed by atoms with Crippen molar-refractivity contribution in [1.82, 2.24) is 4.57 Å². The topological polar surface area (TPSA) is 41.9 Å². The van der Waals surface area contributed by atoms with Crippen LogP contribution in [0.5, 0.6) is 0 Å². The number of hydrogen-bond donors (Lipinski definition) is 1. The van der Waals surface area contributed by atoms with Crippen molar-refractivity contribution in [2.24, 2.45) is 0 Å². The molecular formula is C15H16N2O. The summed E-state index contributed by atoms with van der Waals surface area (Å²) in [4.78, 5) is 0. The van der Waals surface area contributed by atoms with E-state index in [2.05, 4.69) is 19.1 Å². The van der Waals surface area contributed by atoms with Gasteiger partial charge in [0.2, 0.25) is 0 Å². The zero-order valence-corrected chi connectivity index (χ0v) is 10.7. The van der Waals surface area contributed by atoms with Crippen molar-refractivity contribution < 1.29 is 4.42 Å². The Morgan fingerprint density at radius 1 is 1.22 bits per heavy atom. The summed E-state index contributed by atoms with van der Waals surface area (Å²) in [5, 5.41) is 8.06. The van der Waals surface area contributed by atoms with Gasteiger partial charge < -0.3 is 4.42 Å². The Bertz CT molecular complexity index is 689. The Morgan fingerprint density at radius 2 is 2.00 bits per heavy atom. The molecule has 1 aliphatic carbocycles. The molecule has 1 aromatic heterocycles. The Morgan fingerprint density at radius 3 is 2.78 bits per heavy atom. The van der Waals surface area contributed by atoms with Crippen molar-refractivity contribution in [1.29, 1.82) is 5.41 Å². The van der Waals surface area contributed by atoms with Crippen LogP contribution in [0.3, 0.4) is 0 Å². The minimum Gasteiger partial charge on any atom is -0.423 e. The number of para-hydroxylation sites is 1. The van der Waals surface area contributed by atoms with Gasteiger partial charge in [0.25, 0.3) is 5.68 Å². The molecule has 0 amide bonds. The van der Waals surface area contributed by atoms with Crippen LogP contribution in [0.25, 0.3) is 11.3 Å². The van der Waals surface area contributed by atoms with E-state index in [1.54, 1.807) is 0 Å². The van der Waals surface area contributed by atoms with Crippen molar-refractivity contribution in [2.75, 3.05) is 0 Å². The lowest BCUT2D eigenvalue weighted by Gasteiger charge is -2.13. The molecule has 3 rings (SSSR count). The molecule has 0 saturated carbocycles. The van der Waals surface area contributed by atoms with Gasteiger partial charge in [-0.2, -0.15) is 0 Å². The van der Waals surface area contributed by atoms with Crippen LogP contribution < -0.4 is 5.68 Å². The number of nitrogens with one attached hydrogen (secondary N) is 1. The predicted octanol–water partition coefficient (Wildman–Crippen LogP) is 3.21. The van der Waals surface area contributed by atoms with Gasteiger partial charge >= 0.3 is 0 Å². The molecule has 0 fully saturated rings. The third-order valence-corrected chi connectivity index (χ3v) is 3.48. The van der Waals surface area contributed by atoms with Crippen LogP contribution in [0, 0.1) is 12.3 Å². The first-order valence-electron chi connectivity index (χ1n) is 6.21. The van der Waals surface area contributed by atoms with Gasteiger partial charge in [0.15, 0.2) is 5.76 Å². The highest BCUT2D eigenvalue weighted by Gasteiger charge is 2.20. The average molecular weight is 240 g/mol. The largest absolute Gasteiger partial charge is 0.423 e. The fourth-order valence-corrected chi connectivity index (χ4v) is 2.55. The van der Waals surface area contributed by atoms with Crippen LogP contribution in [-0.4, -0.2) is 4.57 Å². The fraction of sp³-hybridized carbons (Fsp3) is 0.267. The van der Waals surface area contributed by atoms with Crippen molar-refractivity contribution in [2.45, 2.75) is 26.7 Å². The Hall–Kier alpha value is -2.03. The molecule has 0 aliphatic heterocycles. The number of rotatable bonds is 1. The molecule has 0 bridgehead atoms. The molecule has 18 heavy (non-hydrogen) atoms. The van der Waals surface area contributed by atoms with E-state index in [4.69, 9.17) is 9.83 Å². The molecule has 0 spiro atoms. The summed E-state index contributed by atoms with van der Waals surface area (Å²) in [6.45, 7) is 4.11. The highest BCUT2D eigenvalue weighted by atomic mass is 16.4. The second-order valence-corrected chi connectivity index (χ2v) is 4.73. The van der Waals surface area contributed by atoms with Crippen molar-refractivity contribution >= 4 is 5.57 Å². The quantitative estimate of drug-likeness (QED) is 0.817. The highest BCUT2D eigenvalue weighted by Crippen LogP contribution is 2.27. The first-order chi connectivity index (χ1) is 8.68. The minimum atomic E-state index is 0.212. The van der Waals surface area contributed by atoms with E-state index in [0.717, 1.165) is 41.1 Å². The van der Waals surface area contributed by atoms with E-state index in [9.17, 15) is 0 Å². The number of hydrogen-bond acceptors (Lipinski definition) is 2. The lowest BCUT2D eigenvalue weighted by atomic mass is 10.0. The van der Waals surface area contributed by atoms with Crippen LogP contribution in [0.2, 0.25) is 0 Å². The maximum Gasteiger partial charge on any atom is 0.299 e. The molecule has 0 unspecified atom stereocenters. The summed E-state index contributed by atoms with van der Waals surface area (Å²) in [5.74, 6) is 0.870. The van der Waals surface area contributed by atoms with E-state index in [1.807, 2.05) is 29.7 Å². The molecule has 0 saturated heterocycles. The molecule has 1 aromatic carbocycles. The van der Waals surface area contributed by atoms with E-state index >= 15 is 0 Å². The van der Waals surface area contributed by atoms with Crippen LogP contribution in [0.4, 0.5) is 0 Å². The van der Waals surface area contributed by atoms with Crippen molar-refractivity contribution in [3.63, 3.8) is 0 Å². The molecule has 2 aromatic rings. The maximum atomic E-state index is 8.06. The monoisotopic (exact) mass is 240 g/mol. The first-order valence-corrected chi connectivity index (χ1v) is 6.21. The third-order valence-electron chi connectivity index (χ3n) is 3.48. The van der Waals surface area contributed by atoms with Crippen molar-refractivity contribution in [3.05, 3.63) is 53.0 Å². The van der Waals surface area contributed by atoms with Gasteiger partial charge in [0.1, 0.15) is 0 Å². The fourth-order valence-electron chi connectivity index (χ4n) is 2.55. The second-order valence-electron chi connectivity index (χ2n) is 4.73. The summed E-state index contributed by atoms with van der Waals surface area (Å²) in [6.07, 6.45) is 4.13. The Labute approximate surface area is 106 Å². The SMILES string of the molecule is CC1=CCCc2c1oc(=N)n2-c1ccccc1C. The van der Waals surface area contributed by atoms with Gasteiger partial charge in [-0.15, -0.1) is 0 Å². The summed E-state index contributed by atoms with van der Waals surface area (Å²) in [7, 11) is 0.